The molecule has 3 rings (SSSR count). The van der Waals surface area contributed by atoms with Gasteiger partial charge in [-0.2, -0.15) is 0 Å². The second kappa shape index (κ2) is 9.76. The second-order valence-corrected chi connectivity index (χ2v) is 8.51. The van der Waals surface area contributed by atoms with Gasteiger partial charge in [-0.3, -0.25) is 19.4 Å². The number of aryl methyl sites for hydroxylation is 1. The first kappa shape index (κ1) is 22.5. The number of halogens is 1. The van der Waals surface area contributed by atoms with E-state index in [-0.39, 0.29) is 22.7 Å². The van der Waals surface area contributed by atoms with Crippen molar-refractivity contribution in [2.45, 2.75) is 31.2 Å². The summed E-state index contributed by atoms with van der Waals surface area (Å²) in [7, 11) is 0. The number of carbonyl (C=O) groups excluding carboxylic acids is 2. The summed E-state index contributed by atoms with van der Waals surface area (Å²) < 4.78 is 0. The molecule has 0 fully saturated rings. The molecule has 160 valence electrons. The van der Waals surface area contributed by atoms with Crippen LogP contribution in [0.15, 0.2) is 52.4 Å². The lowest BCUT2D eigenvalue weighted by Gasteiger charge is -2.13. The van der Waals surface area contributed by atoms with Gasteiger partial charge in [-0.1, -0.05) is 41.6 Å². The Balaban J connectivity index is 1.78. The van der Waals surface area contributed by atoms with Crippen molar-refractivity contribution in [2.75, 3.05) is 10.6 Å². The van der Waals surface area contributed by atoms with Crippen LogP contribution in [-0.4, -0.2) is 32.2 Å². The van der Waals surface area contributed by atoms with E-state index in [2.05, 4.69) is 25.8 Å². The van der Waals surface area contributed by atoms with E-state index in [9.17, 15) is 14.4 Å². The fraction of sp³-hybridized carbons (Fsp3) is 0.190. The Morgan fingerprint density at radius 1 is 1.10 bits per heavy atom. The average molecular weight is 458 g/mol. The van der Waals surface area contributed by atoms with Crippen molar-refractivity contribution in [1.29, 1.82) is 0 Å². The van der Waals surface area contributed by atoms with Gasteiger partial charge in [0, 0.05) is 23.2 Å². The van der Waals surface area contributed by atoms with Gasteiger partial charge in [0.25, 0.3) is 5.56 Å². The number of hydrogen-bond acceptors (Lipinski definition) is 6. The Morgan fingerprint density at radius 3 is 2.45 bits per heavy atom. The number of anilines is 2. The second-order valence-electron chi connectivity index (χ2n) is 6.74. The third-order valence-corrected chi connectivity index (χ3v) is 5.50. The quantitative estimate of drug-likeness (QED) is 0.484. The summed E-state index contributed by atoms with van der Waals surface area (Å²) >= 11 is 6.92. The summed E-state index contributed by atoms with van der Waals surface area (Å²) in [6.45, 7) is 4.91. The van der Waals surface area contributed by atoms with Gasteiger partial charge in [0.1, 0.15) is 0 Å². The van der Waals surface area contributed by atoms with Gasteiger partial charge in [0.15, 0.2) is 10.9 Å². The molecule has 3 aromatic rings. The van der Waals surface area contributed by atoms with Crippen molar-refractivity contribution < 1.29 is 9.59 Å². The number of amides is 2. The van der Waals surface area contributed by atoms with Crippen LogP contribution in [0.4, 0.5) is 11.4 Å². The maximum atomic E-state index is 12.7. The van der Waals surface area contributed by atoms with Crippen LogP contribution in [0, 0.1) is 6.92 Å². The Bertz CT molecular complexity index is 1180. The maximum Gasteiger partial charge on any atom is 0.278 e. The SMILES string of the molecule is CC(=O)Nc1c(C)cccc1-c1nnc(SC(C)C(=O)Nc2ccc(Cl)cc2)[nH]c1=O. The molecule has 0 radical (unpaired) electrons. The first-order valence-corrected chi connectivity index (χ1v) is 10.6. The van der Waals surface area contributed by atoms with Gasteiger partial charge in [0.2, 0.25) is 11.8 Å². The van der Waals surface area contributed by atoms with Crippen molar-refractivity contribution in [1.82, 2.24) is 15.2 Å². The van der Waals surface area contributed by atoms with Gasteiger partial charge < -0.3 is 10.6 Å². The van der Waals surface area contributed by atoms with E-state index in [4.69, 9.17) is 11.6 Å². The monoisotopic (exact) mass is 457 g/mol. The molecule has 0 aliphatic heterocycles. The Morgan fingerprint density at radius 2 is 1.81 bits per heavy atom. The van der Waals surface area contributed by atoms with Gasteiger partial charge in [-0.25, -0.2) is 0 Å². The summed E-state index contributed by atoms with van der Waals surface area (Å²) in [5, 5.41) is 13.9. The molecule has 0 saturated heterocycles. The Kier molecular flexibility index (Phi) is 7.09. The van der Waals surface area contributed by atoms with Crippen LogP contribution in [0.3, 0.4) is 0 Å². The topological polar surface area (TPSA) is 117 Å². The number of nitrogens with one attached hydrogen (secondary N) is 3. The summed E-state index contributed by atoms with van der Waals surface area (Å²) in [5.74, 6) is -0.515. The summed E-state index contributed by atoms with van der Waals surface area (Å²) in [5.41, 5.74) is 1.98. The number of thioether (sulfide) groups is 1. The largest absolute Gasteiger partial charge is 0.325 e. The van der Waals surface area contributed by atoms with Gasteiger partial charge in [-0.05, 0) is 43.7 Å². The maximum absolute atomic E-state index is 12.7. The van der Waals surface area contributed by atoms with Crippen LogP contribution in [0.25, 0.3) is 11.3 Å². The number of nitrogens with zero attached hydrogens (tertiary/aromatic N) is 2. The molecule has 31 heavy (non-hydrogen) atoms. The minimum atomic E-state index is -0.541. The molecule has 0 spiro atoms. The Labute approximate surface area is 187 Å². The van der Waals surface area contributed by atoms with Crippen molar-refractivity contribution in [2.24, 2.45) is 0 Å². The van der Waals surface area contributed by atoms with E-state index in [1.54, 1.807) is 43.3 Å². The van der Waals surface area contributed by atoms with Gasteiger partial charge in [-0.15, -0.1) is 10.2 Å². The van der Waals surface area contributed by atoms with Crippen molar-refractivity contribution in [3.8, 4) is 11.3 Å². The van der Waals surface area contributed by atoms with Crippen molar-refractivity contribution in [3.63, 3.8) is 0 Å². The predicted octanol–water partition coefficient (Wildman–Crippen LogP) is 3.87. The first-order chi connectivity index (χ1) is 14.7. The van der Waals surface area contributed by atoms with Crippen LogP contribution < -0.4 is 16.2 Å². The zero-order valence-corrected chi connectivity index (χ0v) is 18.6. The molecular weight excluding hydrogens is 438 g/mol. The minimum absolute atomic E-state index is 0.0788. The van der Waals surface area contributed by atoms with Crippen LogP contribution in [-0.2, 0) is 9.59 Å². The van der Waals surface area contributed by atoms with Crippen LogP contribution >= 0.6 is 23.4 Å². The van der Waals surface area contributed by atoms with Gasteiger partial charge >= 0.3 is 0 Å². The molecule has 1 atom stereocenters. The van der Waals surface area contributed by atoms with E-state index in [1.165, 1.54) is 6.92 Å². The average Bonchev–Trinajstić information content (AvgIpc) is 2.71. The van der Waals surface area contributed by atoms with Crippen LogP contribution in [0.1, 0.15) is 19.4 Å². The van der Waals surface area contributed by atoms with Crippen LogP contribution in [0.5, 0.6) is 0 Å². The summed E-state index contributed by atoms with van der Waals surface area (Å²) in [4.78, 5) is 39.3. The number of para-hydroxylation sites is 1. The highest BCUT2D eigenvalue weighted by molar-refractivity contribution is 8.00. The highest BCUT2D eigenvalue weighted by atomic mass is 35.5. The fourth-order valence-corrected chi connectivity index (χ4v) is 3.62. The number of carbonyl (C=O) groups is 2. The normalized spacial score (nSPS) is 11.6. The zero-order chi connectivity index (χ0) is 22.5. The fourth-order valence-electron chi connectivity index (χ4n) is 2.76. The van der Waals surface area contributed by atoms with Gasteiger partial charge in [0.05, 0.1) is 10.9 Å². The van der Waals surface area contributed by atoms with Crippen molar-refractivity contribution in [3.05, 3.63) is 63.4 Å². The molecule has 0 aliphatic rings. The molecule has 1 aromatic heterocycles. The molecule has 0 bridgehead atoms. The molecule has 8 nitrogen and oxygen atoms in total. The van der Waals surface area contributed by atoms with E-state index < -0.39 is 10.8 Å². The van der Waals surface area contributed by atoms with E-state index in [0.717, 1.165) is 17.3 Å². The zero-order valence-electron chi connectivity index (χ0n) is 17.0. The van der Waals surface area contributed by atoms with Crippen molar-refractivity contribution >= 4 is 46.6 Å². The molecule has 3 N–H and O–H groups in total. The highest BCUT2D eigenvalue weighted by Crippen LogP contribution is 2.28. The third-order valence-electron chi connectivity index (χ3n) is 4.27. The molecule has 10 heteroatoms. The van der Waals surface area contributed by atoms with E-state index in [0.29, 0.717) is 22.0 Å². The highest BCUT2D eigenvalue weighted by Gasteiger charge is 2.19. The lowest BCUT2D eigenvalue weighted by atomic mass is 10.1. The summed E-state index contributed by atoms with van der Waals surface area (Å²) in [6.07, 6.45) is 0. The lowest BCUT2D eigenvalue weighted by molar-refractivity contribution is -0.115. The lowest BCUT2D eigenvalue weighted by Crippen LogP contribution is -2.23. The molecule has 2 aromatic carbocycles. The smallest absolute Gasteiger partial charge is 0.278 e. The molecule has 0 saturated carbocycles. The molecular formula is C21H20ClN5O3S. The first-order valence-electron chi connectivity index (χ1n) is 9.32. The third kappa shape index (κ3) is 5.71. The minimum Gasteiger partial charge on any atom is -0.325 e. The molecule has 1 unspecified atom stereocenters. The number of benzene rings is 2. The molecule has 2 amide bonds. The number of aromatic amines is 1. The summed E-state index contributed by atoms with van der Waals surface area (Å²) in [6, 6.07) is 12.0. The van der Waals surface area contributed by atoms with E-state index in [1.807, 2.05) is 13.0 Å². The number of rotatable bonds is 6. The van der Waals surface area contributed by atoms with Crippen LogP contribution in [0.2, 0.25) is 5.02 Å². The molecule has 1 heterocycles. The number of H-pyrrole nitrogens is 1. The van der Waals surface area contributed by atoms with E-state index >= 15 is 0 Å². The predicted molar refractivity (Wildman–Crippen MR) is 123 cm³/mol. The Hall–Kier alpha value is -3.17. The number of aromatic nitrogens is 3. The standard InChI is InChI=1S/C21H20ClN5O3S/c1-11-5-4-6-16(17(11)23-13(3)28)18-20(30)25-21(27-26-18)31-12(2)19(29)24-15-9-7-14(22)8-10-15/h4-10,12H,1-3H3,(H,23,28)(H,24,29)(H,25,27,30). The molecule has 0 aliphatic carbocycles. The number of hydrogen-bond donors (Lipinski definition) is 3.